The van der Waals surface area contributed by atoms with Gasteiger partial charge < -0.3 is 5.73 Å². The maximum absolute atomic E-state index is 6.03. The molecule has 1 atom stereocenters. The highest BCUT2D eigenvalue weighted by molar-refractivity contribution is 5.59. The van der Waals surface area contributed by atoms with Crippen LogP contribution in [0.2, 0.25) is 0 Å². The lowest BCUT2D eigenvalue weighted by molar-refractivity contribution is 0.635. The Hall–Kier alpha value is -1.81. The zero-order valence-corrected chi connectivity index (χ0v) is 12.4. The van der Waals surface area contributed by atoms with E-state index in [0.717, 1.165) is 42.0 Å². The van der Waals surface area contributed by atoms with E-state index >= 15 is 0 Å². The van der Waals surface area contributed by atoms with Gasteiger partial charge in [0.2, 0.25) is 0 Å². The highest BCUT2D eigenvalue weighted by atomic mass is 14.9. The largest absolute Gasteiger partial charge is 0.327 e. The van der Waals surface area contributed by atoms with Crippen molar-refractivity contribution >= 4 is 0 Å². The third-order valence-corrected chi connectivity index (χ3v) is 3.43. The van der Waals surface area contributed by atoms with Gasteiger partial charge in [0, 0.05) is 41.8 Å². The van der Waals surface area contributed by atoms with Gasteiger partial charge in [-0.1, -0.05) is 13.8 Å². The molecule has 2 heterocycles. The molecule has 0 aliphatic heterocycles. The average molecular weight is 270 g/mol. The van der Waals surface area contributed by atoms with Gasteiger partial charge in [-0.05, 0) is 37.5 Å². The minimum absolute atomic E-state index is 0.153. The monoisotopic (exact) mass is 270 g/mol. The molecule has 0 radical (unpaired) electrons. The van der Waals surface area contributed by atoms with Gasteiger partial charge >= 0.3 is 0 Å². The highest BCUT2D eigenvalue weighted by Crippen LogP contribution is 2.20. The van der Waals surface area contributed by atoms with Crippen molar-refractivity contribution in [2.45, 2.75) is 46.1 Å². The molecular weight excluding hydrogens is 248 g/mol. The summed E-state index contributed by atoms with van der Waals surface area (Å²) in [6.45, 7) is 6.21. The number of nitrogens with two attached hydrogens (primary N) is 1. The number of pyridine rings is 1. The van der Waals surface area contributed by atoms with Gasteiger partial charge in [-0.3, -0.25) is 4.98 Å². The highest BCUT2D eigenvalue weighted by Gasteiger charge is 2.10. The van der Waals surface area contributed by atoms with Gasteiger partial charge in [0.1, 0.15) is 0 Å². The van der Waals surface area contributed by atoms with Crippen molar-refractivity contribution in [3.8, 4) is 11.4 Å². The Kier molecular flexibility index (Phi) is 4.79. The summed E-state index contributed by atoms with van der Waals surface area (Å²) in [5.74, 6) is 0.780. The summed E-state index contributed by atoms with van der Waals surface area (Å²) in [7, 11) is 0. The molecule has 106 valence electrons. The van der Waals surface area contributed by atoms with Crippen LogP contribution in [0.5, 0.6) is 0 Å². The minimum Gasteiger partial charge on any atom is -0.327 e. The molecule has 0 saturated heterocycles. The maximum Gasteiger partial charge on any atom is 0.160 e. The van der Waals surface area contributed by atoms with Gasteiger partial charge in [0.15, 0.2) is 5.82 Å². The number of aromatic nitrogens is 3. The molecule has 1 unspecified atom stereocenters. The van der Waals surface area contributed by atoms with Crippen molar-refractivity contribution < 1.29 is 0 Å². The molecule has 20 heavy (non-hydrogen) atoms. The first-order valence-corrected chi connectivity index (χ1v) is 7.17. The molecule has 2 N–H and O–H groups in total. The smallest absolute Gasteiger partial charge is 0.160 e. The van der Waals surface area contributed by atoms with E-state index in [9.17, 15) is 0 Å². The number of nitrogens with zero attached hydrogens (tertiary/aromatic N) is 3. The SMILES string of the molecule is CCc1cnccc1-c1nc(C)cc(CC(N)CC)n1. The van der Waals surface area contributed by atoms with E-state index in [-0.39, 0.29) is 6.04 Å². The molecule has 2 rings (SSSR count). The molecule has 0 saturated carbocycles. The summed E-state index contributed by atoms with van der Waals surface area (Å²) in [6, 6.07) is 4.16. The fourth-order valence-corrected chi connectivity index (χ4v) is 2.20. The third kappa shape index (κ3) is 3.39. The second-order valence-electron chi connectivity index (χ2n) is 5.08. The van der Waals surface area contributed by atoms with Gasteiger partial charge in [-0.2, -0.15) is 0 Å². The van der Waals surface area contributed by atoms with Gasteiger partial charge in [-0.25, -0.2) is 9.97 Å². The lowest BCUT2D eigenvalue weighted by atomic mass is 10.1. The fourth-order valence-electron chi connectivity index (χ4n) is 2.20. The van der Waals surface area contributed by atoms with Gasteiger partial charge in [0.25, 0.3) is 0 Å². The van der Waals surface area contributed by atoms with Crippen LogP contribution in [0.3, 0.4) is 0 Å². The van der Waals surface area contributed by atoms with Crippen LogP contribution < -0.4 is 5.73 Å². The van der Waals surface area contributed by atoms with Gasteiger partial charge in [-0.15, -0.1) is 0 Å². The van der Waals surface area contributed by atoms with Crippen LogP contribution in [0.1, 0.15) is 37.2 Å². The van der Waals surface area contributed by atoms with Crippen LogP contribution in [0, 0.1) is 6.92 Å². The standard InChI is InChI=1S/C16H22N4/c1-4-12-10-18-7-6-15(12)16-19-11(3)8-14(20-16)9-13(17)5-2/h6-8,10,13H,4-5,9,17H2,1-3H3. The molecule has 0 aromatic carbocycles. The predicted octanol–water partition coefficient (Wildman–Crippen LogP) is 2.69. The average Bonchev–Trinajstić information content (AvgIpc) is 2.46. The molecular formula is C16H22N4. The second-order valence-corrected chi connectivity index (χ2v) is 5.08. The van der Waals surface area contributed by atoms with Crippen LogP contribution in [0.15, 0.2) is 24.5 Å². The fraction of sp³-hybridized carbons (Fsp3) is 0.438. The zero-order valence-electron chi connectivity index (χ0n) is 12.4. The number of hydrogen-bond acceptors (Lipinski definition) is 4. The first-order chi connectivity index (χ1) is 9.63. The molecule has 4 heteroatoms. The van der Waals surface area contributed by atoms with E-state index in [1.807, 2.05) is 25.3 Å². The van der Waals surface area contributed by atoms with Gasteiger partial charge in [0.05, 0.1) is 0 Å². The normalized spacial score (nSPS) is 12.4. The quantitative estimate of drug-likeness (QED) is 0.907. The van der Waals surface area contributed by atoms with Crippen molar-refractivity contribution in [1.82, 2.24) is 15.0 Å². The Morgan fingerprint density at radius 3 is 2.75 bits per heavy atom. The lowest BCUT2D eigenvalue weighted by Crippen LogP contribution is -2.22. The number of hydrogen-bond donors (Lipinski definition) is 1. The maximum atomic E-state index is 6.03. The summed E-state index contributed by atoms with van der Waals surface area (Å²) >= 11 is 0. The summed E-state index contributed by atoms with van der Waals surface area (Å²) in [6.07, 6.45) is 6.34. The van der Waals surface area contributed by atoms with Crippen LogP contribution in [0.4, 0.5) is 0 Å². The summed E-state index contributed by atoms with van der Waals surface area (Å²) in [5, 5.41) is 0. The van der Waals surface area contributed by atoms with Crippen molar-refractivity contribution in [1.29, 1.82) is 0 Å². The van der Waals surface area contributed by atoms with Crippen molar-refractivity contribution in [2.24, 2.45) is 5.73 Å². The van der Waals surface area contributed by atoms with Crippen LogP contribution in [-0.4, -0.2) is 21.0 Å². The Morgan fingerprint density at radius 2 is 2.05 bits per heavy atom. The molecule has 4 nitrogen and oxygen atoms in total. The second kappa shape index (κ2) is 6.57. The molecule has 0 aliphatic rings. The lowest BCUT2D eigenvalue weighted by Gasteiger charge is -2.11. The molecule has 2 aromatic rings. The minimum atomic E-state index is 0.153. The first-order valence-electron chi connectivity index (χ1n) is 7.17. The summed E-state index contributed by atoms with van der Waals surface area (Å²) in [5.41, 5.74) is 10.3. The first kappa shape index (κ1) is 14.6. The van der Waals surface area contributed by atoms with E-state index < -0.39 is 0 Å². The third-order valence-electron chi connectivity index (χ3n) is 3.43. The molecule has 0 amide bonds. The van der Waals surface area contributed by atoms with E-state index in [4.69, 9.17) is 5.73 Å². The Morgan fingerprint density at radius 1 is 1.25 bits per heavy atom. The summed E-state index contributed by atoms with van der Waals surface area (Å²) in [4.78, 5) is 13.4. The number of aryl methyl sites for hydroxylation is 2. The van der Waals surface area contributed by atoms with Crippen molar-refractivity contribution in [3.05, 3.63) is 41.5 Å². The molecule has 0 bridgehead atoms. The number of rotatable bonds is 5. The van der Waals surface area contributed by atoms with Crippen LogP contribution >= 0.6 is 0 Å². The van der Waals surface area contributed by atoms with Crippen LogP contribution in [-0.2, 0) is 12.8 Å². The van der Waals surface area contributed by atoms with E-state index in [1.54, 1.807) is 6.20 Å². The van der Waals surface area contributed by atoms with Crippen molar-refractivity contribution in [2.75, 3.05) is 0 Å². The predicted molar refractivity (Wildman–Crippen MR) is 81.3 cm³/mol. The Balaban J connectivity index is 2.41. The van der Waals surface area contributed by atoms with Crippen molar-refractivity contribution in [3.63, 3.8) is 0 Å². The Labute approximate surface area is 120 Å². The Bertz CT molecular complexity index is 580. The van der Waals surface area contributed by atoms with E-state index in [1.165, 1.54) is 5.56 Å². The van der Waals surface area contributed by atoms with Crippen LogP contribution in [0.25, 0.3) is 11.4 Å². The van der Waals surface area contributed by atoms with E-state index in [2.05, 4.69) is 28.8 Å². The molecule has 0 aliphatic carbocycles. The topological polar surface area (TPSA) is 64.7 Å². The summed E-state index contributed by atoms with van der Waals surface area (Å²) < 4.78 is 0. The molecule has 0 spiro atoms. The zero-order chi connectivity index (χ0) is 14.5. The molecule has 0 fully saturated rings. The van der Waals surface area contributed by atoms with E-state index in [0.29, 0.717) is 0 Å². The molecule has 2 aromatic heterocycles.